The highest BCUT2D eigenvalue weighted by molar-refractivity contribution is 7.09. The van der Waals surface area contributed by atoms with E-state index in [-0.39, 0.29) is 5.91 Å². The second-order valence-corrected chi connectivity index (χ2v) is 4.41. The zero-order valence-corrected chi connectivity index (χ0v) is 9.72. The molecule has 4 nitrogen and oxygen atoms in total. The van der Waals surface area contributed by atoms with E-state index in [0.29, 0.717) is 19.6 Å². The van der Waals surface area contributed by atoms with E-state index in [0.717, 1.165) is 6.54 Å². The number of nitrogens with zero attached hydrogens (tertiary/aromatic N) is 1. The van der Waals surface area contributed by atoms with Gasteiger partial charge in [-0.2, -0.15) is 0 Å². The second-order valence-electron chi connectivity index (χ2n) is 3.38. The highest BCUT2D eigenvalue weighted by atomic mass is 32.1. The minimum Gasteiger partial charge on any atom is -0.350 e. The smallest absolute Gasteiger partial charge is 0.234 e. The normalized spacial score (nSPS) is 10.6. The Bertz CT molecular complexity index is 287. The first-order chi connectivity index (χ1) is 7.22. The molecular formula is C10H17N3OS. The van der Waals surface area contributed by atoms with Gasteiger partial charge in [0.1, 0.15) is 0 Å². The van der Waals surface area contributed by atoms with E-state index in [9.17, 15) is 4.79 Å². The molecule has 0 unspecified atom stereocenters. The quantitative estimate of drug-likeness (QED) is 0.732. The van der Waals surface area contributed by atoms with E-state index in [2.05, 4.69) is 5.32 Å². The summed E-state index contributed by atoms with van der Waals surface area (Å²) in [5, 5.41) is 4.87. The Morgan fingerprint density at radius 3 is 3.07 bits per heavy atom. The highest BCUT2D eigenvalue weighted by Gasteiger charge is 2.05. The molecule has 0 aromatic carbocycles. The Kier molecular flexibility index (Phi) is 5.31. The fourth-order valence-corrected chi connectivity index (χ4v) is 1.84. The van der Waals surface area contributed by atoms with E-state index in [1.807, 2.05) is 29.5 Å². The summed E-state index contributed by atoms with van der Waals surface area (Å²) >= 11 is 1.65. The lowest BCUT2D eigenvalue weighted by molar-refractivity contribution is -0.122. The lowest BCUT2D eigenvalue weighted by Gasteiger charge is -2.14. The number of amides is 1. The van der Waals surface area contributed by atoms with Crippen LogP contribution in [0, 0.1) is 0 Å². The van der Waals surface area contributed by atoms with Crippen molar-refractivity contribution < 1.29 is 4.79 Å². The zero-order valence-electron chi connectivity index (χ0n) is 8.90. The number of rotatable bonds is 6. The molecule has 0 spiro atoms. The van der Waals surface area contributed by atoms with Crippen LogP contribution >= 0.6 is 11.3 Å². The van der Waals surface area contributed by atoms with Gasteiger partial charge in [0.05, 0.1) is 13.1 Å². The Balaban J connectivity index is 2.19. The van der Waals surface area contributed by atoms with E-state index in [1.165, 1.54) is 4.88 Å². The molecule has 0 saturated carbocycles. The standard InChI is InChI=1S/C10H17N3OS/c1-13(5-4-11)8-10(14)12-7-9-3-2-6-15-9/h2-3,6H,4-5,7-8,11H2,1H3,(H,12,14). The topological polar surface area (TPSA) is 58.4 Å². The Morgan fingerprint density at radius 2 is 2.47 bits per heavy atom. The average molecular weight is 227 g/mol. The van der Waals surface area contributed by atoms with Crippen molar-refractivity contribution in [3.8, 4) is 0 Å². The van der Waals surface area contributed by atoms with Gasteiger partial charge in [0, 0.05) is 18.0 Å². The number of carbonyl (C=O) groups is 1. The summed E-state index contributed by atoms with van der Waals surface area (Å²) < 4.78 is 0. The third-order valence-corrected chi connectivity index (χ3v) is 2.84. The highest BCUT2D eigenvalue weighted by Crippen LogP contribution is 2.06. The van der Waals surface area contributed by atoms with Gasteiger partial charge in [0.25, 0.3) is 0 Å². The van der Waals surface area contributed by atoms with Crippen LogP contribution in [0.2, 0.25) is 0 Å². The van der Waals surface area contributed by atoms with Gasteiger partial charge in [0.15, 0.2) is 0 Å². The van der Waals surface area contributed by atoms with Crippen molar-refractivity contribution in [1.29, 1.82) is 0 Å². The zero-order chi connectivity index (χ0) is 11.1. The third-order valence-electron chi connectivity index (χ3n) is 1.96. The molecule has 0 aliphatic heterocycles. The molecule has 1 amide bonds. The van der Waals surface area contributed by atoms with Crippen molar-refractivity contribution in [1.82, 2.24) is 10.2 Å². The van der Waals surface area contributed by atoms with Crippen LogP contribution in [0.4, 0.5) is 0 Å². The van der Waals surface area contributed by atoms with Crippen LogP contribution in [0.5, 0.6) is 0 Å². The van der Waals surface area contributed by atoms with E-state index in [1.54, 1.807) is 11.3 Å². The van der Waals surface area contributed by atoms with Crippen LogP contribution < -0.4 is 11.1 Å². The SMILES string of the molecule is CN(CCN)CC(=O)NCc1cccs1. The molecule has 1 heterocycles. The van der Waals surface area contributed by atoms with Crippen LogP contribution in [0.1, 0.15) is 4.88 Å². The van der Waals surface area contributed by atoms with Gasteiger partial charge in [-0.1, -0.05) is 6.07 Å². The van der Waals surface area contributed by atoms with Crippen molar-refractivity contribution in [3.63, 3.8) is 0 Å². The molecule has 0 atom stereocenters. The van der Waals surface area contributed by atoms with Crippen molar-refractivity contribution in [2.75, 3.05) is 26.7 Å². The lowest BCUT2D eigenvalue weighted by Crippen LogP contribution is -2.36. The van der Waals surface area contributed by atoms with Gasteiger partial charge in [-0.25, -0.2) is 0 Å². The summed E-state index contributed by atoms with van der Waals surface area (Å²) in [4.78, 5) is 14.5. The van der Waals surface area contributed by atoms with E-state index >= 15 is 0 Å². The molecule has 0 radical (unpaired) electrons. The van der Waals surface area contributed by atoms with Gasteiger partial charge in [-0.15, -0.1) is 11.3 Å². The molecule has 15 heavy (non-hydrogen) atoms. The Hall–Kier alpha value is -0.910. The maximum Gasteiger partial charge on any atom is 0.234 e. The Labute approximate surface area is 94.1 Å². The summed E-state index contributed by atoms with van der Waals surface area (Å²) in [5.41, 5.74) is 5.38. The lowest BCUT2D eigenvalue weighted by atomic mass is 10.4. The predicted octanol–water partition coefficient (Wildman–Crippen LogP) is 0.255. The van der Waals surface area contributed by atoms with E-state index < -0.39 is 0 Å². The number of likely N-dealkylation sites (N-methyl/N-ethyl adjacent to an activating group) is 1. The first kappa shape index (κ1) is 12.2. The molecule has 0 bridgehead atoms. The van der Waals surface area contributed by atoms with Crippen molar-refractivity contribution in [2.45, 2.75) is 6.54 Å². The maximum atomic E-state index is 11.4. The number of hydrogen-bond donors (Lipinski definition) is 2. The average Bonchev–Trinajstić information content (AvgIpc) is 2.67. The van der Waals surface area contributed by atoms with Gasteiger partial charge in [0.2, 0.25) is 5.91 Å². The molecule has 1 aromatic rings. The molecular weight excluding hydrogens is 210 g/mol. The second kappa shape index (κ2) is 6.55. The van der Waals surface area contributed by atoms with Crippen molar-refractivity contribution >= 4 is 17.2 Å². The van der Waals surface area contributed by atoms with Crippen LogP contribution in [0.15, 0.2) is 17.5 Å². The summed E-state index contributed by atoms with van der Waals surface area (Å²) in [5.74, 6) is 0.0411. The molecule has 0 aliphatic carbocycles. The third kappa shape index (κ3) is 4.92. The van der Waals surface area contributed by atoms with Crippen LogP contribution in [0.3, 0.4) is 0 Å². The number of hydrogen-bond acceptors (Lipinski definition) is 4. The van der Waals surface area contributed by atoms with Gasteiger partial charge in [-0.3, -0.25) is 9.69 Å². The fraction of sp³-hybridized carbons (Fsp3) is 0.500. The minimum absolute atomic E-state index is 0.0411. The summed E-state index contributed by atoms with van der Waals surface area (Å²) in [6.07, 6.45) is 0. The molecule has 0 saturated heterocycles. The summed E-state index contributed by atoms with van der Waals surface area (Å²) in [6.45, 7) is 2.34. The summed E-state index contributed by atoms with van der Waals surface area (Å²) in [6, 6.07) is 3.99. The van der Waals surface area contributed by atoms with Crippen molar-refractivity contribution in [2.24, 2.45) is 5.73 Å². The Morgan fingerprint density at radius 1 is 1.67 bits per heavy atom. The molecule has 0 aliphatic rings. The maximum absolute atomic E-state index is 11.4. The first-order valence-electron chi connectivity index (χ1n) is 4.90. The monoisotopic (exact) mass is 227 g/mol. The fourth-order valence-electron chi connectivity index (χ4n) is 1.20. The van der Waals surface area contributed by atoms with Gasteiger partial charge >= 0.3 is 0 Å². The summed E-state index contributed by atoms with van der Waals surface area (Å²) in [7, 11) is 1.89. The predicted molar refractivity (Wildman–Crippen MR) is 62.7 cm³/mol. The van der Waals surface area contributed by atoms with E-state index in [4.69, 9.17) is 5.73 Å². The first-order valence-corrected chi connectivity index (χ1v) is 5.78. The number of thiophene rings is 1. The minimum atomic E-state index is 0.0411. The van der Waals surface area contributed by atoms with Crippen LogP contribution in [-0.4, -0.2) is 37.5 Å². The molecule has 84 valence electrons. The largest absolute Gasteiger partial charge is 0.350 e. The van der Waals surface area contributed by atoms with Gasteiger partial charge in [-0.05, 0) is 18.5 Å². The van der Waals surface area contributed by atoms with Crippen molar-refractivity contribution in [3.05, 3.63) is 22.4 Å². The molecule has 5 heteroatoms. The molecule has 3 N–H and O–H groups in total. The van der Waals surface area contributed by atoms with Crippen LogP contribution in [0.25, 0.3) is 0 Å². The molecule has 1 rings (SSSR count). The number of carbonyl (C=O) groups excluding carboxylic acids is 1. The van der Waals surface area contributed by atoms with Gasteiger partial charge < -0.3 is 11.1 Å². The molecule has 0 fully saturated rings. The number of nitrogens with one attached hydrogen (secondary N) is 1. The molecule has 1 aromatic heterocycles. The van der Waals surface area contributed by atoms with Crippen LogP contribution in [-0.2, 0) is 11.3 Å². The number of nitrogens with two attached hydrogens (primary N) is 1.